The fourth-order valence-electron chi connectivity index (χ4n) is 1.59. The molecular weight excluding hydrogens is 218 g/mol. The van der Waals surface area contributed by atoms with E-state index in [1.54, 1.807) is 13.1 Å². The van der Waals surface area contributed by atoms with Crippen molar-refractivity contribution in [3.8, 4) is 0 Å². The average molecular weight is 231 g/mol. The second-order valence-corrected chi connectivity index (χ2v) is 3.89. The summed E-state index contributed by atoms with van der Waals surface area (Å²) < 4.78 is 0. The monoisotopic (exact) mass is 231 g/mol. The van der Waals surface area contributed by atoms with E-state index in [2.05, 4.69) is 15.3 Å². The van der Waals surface area contributed by atoms with Crippen LogP contribution in [-0.4, -0.2) is 27.1 Å². The number of fused-ring (bicyclic) bond motifs is 1. The molecule has 1 atom stereocenters. The summed E-state index contributed by atoms with van der Waals surface area (Å²) in [6, 6.07) is 7.36. The summed E-state index contributed by atoms with van der Waals surface area (Å²) in [6.45, 7) is 1.80. The molecule has 0 amide bonds. The van der Waals surface area contributed by atoms with E-state index >= 15 is 0 Å². The molecule has 0 saturated carbocycles. The van der Waals surface area contributed by atoms with Crippen molar-refractivity contribution >= 4 is 22.8 Å². The number of aromatic nitrogens is 2. The predicted octanol–water partition coefficient (Wildman–Crippen LogP) is 1.90. The molecule has 0 aliphatic carbocycles. The highest BCUT2D eigenvalue weighted by molar-refractivity contribution is 5.75. The largest absolute Gasteiger partial charge is 0.481 e. The third-order valence-corrected chi connectivity index (χ3v) is 2.32. The SMILES string of the molecule is CC(CC(=O)O)Nc1cnc2ccccc2n1. The molecule has 5 nitrogen and oxygen atoms in total. The Morgan fingerprint density at radius 3 is 2.82 bits per heavy atom. The first kappa shape index (κ1) is 11.3. The third-order valence-electron chi connectivity index (χ3n) is 2.32. The Hall–Kier alpha value is -2.17. The van der Waals surface area contributed by atoms with Crippen molar-refractivity contribution < 1.29 is 9.90 Å². The molecule has 5 heteroatoms. The van der Waals surface area contributed by atoms with Crippen molar-refractivity contribution in [2.24, 2.45) is 0 Å². The first-order valence-corrected chi connectivity index (χ1v) is 5.35. The van der Waals surface area contributed by atoms with Crippen molar-refractivity contribution in [1.29, 1.82) is 0 Å². The Labute approximate surface area is 98.5 Å². The molecule has 88 valence electrons. The van der Waals surface area contributed by atoms with Gasteiger partial charge in [-0.3, -0.25) is 9.78 Å². The summed E-state index contributed by atoms with van der Waals surface area (Å²) in [5.41, 5.74) is 1.61. The van der Waals surface area contributed by atoms with E-state index in [1.165, 1.54) is 0 Å². The maximum absolute atomic E-state index is 10.5. The van der Waals surface area contributed by atoms with Gasteiger partial charge in [0.05, 0.1) is 23.7 Å². The Morgan fingerprint density at radius 2 is 2.12 bits per heavy atom. The van der Waals surface area contributed by atoms with Gasteiger partial charge in [0.15, 0.2) is 0 Å². The number of para-hydroxylation sites is 2. The van der Waals surface area contributed by atoms with Crippen LogP contribution >= 0.6 is 0 Å². The molecule has 1 heterocycles. The highest BCUT2D eigenvalue weighted by Crippen LogP contribution is 2.12. The molecule has 2 aromatic rings. The van der Waals surface area contributed by atoms with Gasteiger partial charge in [-0.05, 0) is 19.1 Å². The first-order chi connectivity index (χ1) is 8.15. The van der Waals surface area contributed by atoms with Crippen molar-refractivity contribution in [3.05, 3.63) is 30.5 Å². The van der Waals surface area contributed by atoms with Crippen LogP contribution < -0.4 is 5.32 Å². The lowest BCUT2D eigenvalue weighted by atomic mass is 10.2. The molecule has 1 aromatic carbocycles. The molecule has 1 aromatic heterocycles. The lowest BCUT2D eigenvalue weighted by Gasteiger charge is -2.11. The van der Waals surface area contributed by atoms with E-state index in [4.69, 9.17) is 5.11 Å². The number of carbonyl (C=O) groups is 1. The van der Waals surface area contributed by atoms with Crippen molar-refractivity contribution in [2.75, 3.05) is 5.32 Å². The summed E-state index contributed by atoms with van der Waals surface area (Å²) >= 11 is 0. The van der Waals surface area contributed by atoms with E-state index < -0.39 is 5.97 Å². The van der Waals surface area contributed by atoms with Gasteiger partial charge in [0, 0.05) is 6.04 Å². The van der Waals surface area contributed by atoms with E-state index in [1.807, 2.05) is 24.3 Å². The number of anilines is 1. The summed E-state index contributed by atoms with van der Waals surface area (Å²) in [7, 11) is 0. The average Bonchev–Trinajstić information content (AvgIpc) is 2.27. The summed E-state index contributed by atoms with van der Waals surface area (Å²) in [5.74, 6) is -0.240. The van der Waals surface area contributed by atoms with Gasteiger partial charge < -0.3 is 10.4 Å². The Balaban J connectivity index is 2.16. The van der Waals surface area contributed by atoms with Crippen LogP contribution in [0.25, 0.3) is 11.0 Å². The molecule has 2 rings (SSSR count). The molecule has 1 unspecified atom stereocenters. The van der Waals surface area contributed by atoms with Crippen LogP contribution in [0, 0.1) is 0 Å². The van der Waals surface area contributed by atoms with Crippen LogP contribution in [0.4, 0.5) is 5.82 Å². The van der Waals surface area contributed by atoms with E-state index in [-0.39, 0.29) is 12.5 Å². The molecule has 0 aliphatic heterocycles. The van der Waals surface area contributed by atoms with Crippen LogP contribution in [0.15, 0.2) is 30.5 Å². The highest BCUT2D eigenvalue weighted by atomic mass is 16.4. The molecule has 0 bridgehead atoms. The quantitative estimate of drug-likeness (QED) is 0.840. The molecule has 0 radical (unpaired) electrons. The van der Waals surface area contributed by atoms with Gasteiger partial charge in [0.2, 0.25) is 0 Å². The van der Waals surface area contributed by atoms with Crippen LogP contribution in [0.2, 0.25) is 0 Å². The molecule has 0 aliphatic rings. The van der Waals surface area contributed by atoms with Gasteiger partial charge in [-0.25, -0.2) is 4.98 Å². The van der Waals surface area contributed by atoms with E-state index in [0.29, 0.717) is 5.82 Å². The fourth-order valence-corrected chi connectivity index (χ4v) is 1.59. The predicted molar refractivity (Wildman–Crippen MR) is 64.9 cm³/mol. The van der Waals surface area contributed by atoms with Gasteiger partial charge in [0.25, 0.3) is 0 Å². The number of benzene rings is 1. The number of aliphatic carboxylic acids is 1. The maximum Gasteiger partial charge on any atom is 0.305 e. The lowest BCUT2D eigenvalue weighted by molar-refractivity contribution is -0.137. The zero-order valence-corrected chi connectivity index (χ0v) is 9.42. The topological polar surface area (TPSA) is 75.1 Å². The number of rotatable bonds is 4. The van der Waals surface area contributed by atoms with Crippen molar-refractivity contribution in [2.45, 2.75) is 19.4 Å². The van der Waals surface area contributed by atoms with Gasteiger partial charge in [0.1, 0.15) is 5.82 Å². The zero-order valence-electron chi connectivity index (χ0n) is 9.42. The lowest BCUT2D eigenvalue weighted by Crippen LogP contribution is -2.20. The molecule has 2 N–H and O–H groups in total. The smallest absolute Gasteiger partial charge is 0.305 e. The minimum atomic E-state index is -0.834. The standard InChI is InChI=1S/C12H13N3O2/c1-8(6-12(16)17)14-11-7-13-9-4-2-3-5-10(9)15-11/h2-5,7-8H,6H2,1H3,(H,14,15)(H,16,17). The molecule has 0 saturated heterocycles. The van der Waals surface area contributed by atoms with Crippen LogP contribution in [0.5, 0.6) is 0 Å². The van der Waals surface area contributed by atoms with Gasteiger partial charge in [-0.1, -0.05) is 12.1 Å². The minimum absolute atomic E-state index is 0.0501. The first-order valence-electron chi connectivity index (χ1n) is 5.35. The van der Waals surface area contributed by atoms with Gasteiger partial charge in [-0.15, -0.1) is 0 Å². The van der Waals surface area contributed by atoms with Crippen LogP contribution in [0.1, 0.15) is 13.3 Å². The summed E-state index contributed by atoms with van der Waals surface area (Å²) in [6.07, 6.45) is 1.66. The van der Waals surface area contributed by atoms with Crippen molar-refractivity contribution in [3.63, 3.8) is 0 Å². The van der Waals surface area contributed by atoms with Crippen molar-refractivity contribution in [1.82, 2.24) is 9.97 Å². The normalized spacial score (nSPS) is 12.3. The fraction of sp³-hybridized carbons (Fsp3) is 0.250. The Bertz CT molecular complexity index is 542. The molecule has 0 spiro atoms. The summed E-state index contributed by atoms with van der Waals surface area (Å²) in [4.78, 5) is 19.1. The zero-order chi connectivity index (χ0) is 12.3. The Morgan fingerprint density at radius 1 is 1.41 bits per heavy atom. The highest BCUT2D eigenvalue weighted by Gasteiger charge is 2.08. The third kappa shape index (κ3) is 2.90. The van der Waals surface area contributed by atoms with Gasteiger partial charge in [-0.2, -0.15) is 0 Å². The number of nitrogens with zero attached hydrogens (tertiary/aromatic N) is 2. The number of nitrogens with one attached hydrogen (secondary N) is 1. The minimum Gasteiger partial charge on any atom is -0.481 e. The van der Waals surface area contributed by atoms with Gasteiger partial charge >= 0.3 is 5.97 Å². The van der Waals surface area contributed by atoms with E-state index in [0.717, 1.165) is 11.0 Å². The second kappa shape index (κ2) is 4.78. The number of hydrogen-bond acceptors (Lipinski definition) is 4. The van der Waals surface area contributed by atoms with E-state index in [9.17, 15) is 4.79 Å². The number of carboxylic acids is 1. The molecular formula is C12H13N3O2. The number of hydrogen-bond donors (Lipinski definition) is 2. The number of carboxylic acid groups (broad SMARTS) is 1. The summed E-state index contributed by atoms with van der Waals surface area (Å²) in [5, 5.41) is 11.7. The van der Waals surface area contributed by atoms with Crippen LogP contribution in [0.3, 0.4) is 0 Å². The Kier molecular flexibility index (Phi) is 3.18. The second-order valence-electron chi connectivity index (χ2n) is 3.89. The molecule has 0 fully saturated rings. The maximum atomic E-state index is 10.5. The molecule has 17 heavy (non-hydrogen) atoms. The van der Waals surface area contributed by atoms with Crippen LogP contribution in [-0.2, 0) is 4.79 Å².